The number of alkyl halides is 7. The Labute approximate surface area is 67.2 Å². The van der Waals surface area contributed by atoms with E-state index in [4.69, 9.17) is 0 Å². The second-order valence-electron chi connectivity index (χ2n) is 2.18. The molecule has 1 aliphatic heterocycles. The van der Waals surface area contributed by atoms with Gasteiger partial charge in [-0.3, -0.25) is 4.74 Å². The van der Waals surface area contributed by atoms with Crippen molar-refractivity contribution in [3.63, 3.8) is 0 Å². The Morgan fingerprint density at radius 2 is 1.58 bits per heavy atom. The van der Waals surface area contributed by atoms with Crippen LogP contribution in [-0.2, 0) is 4.74 Å². The highest BCUT2D eigenvalue weighted by molar-refractivity contribution is 6.24. The van der Waals surface area contributed by atoms with E-state index in [0.29, 0.717) is 0 Å². The standard InChI is InChI=1S/C4HClF6O/c5-2(6)1(3(7,8)9)12-4(2,10)11/h1H/t1-,2-/m0/s1. The second kappa shape index (κ2) is 2.20. The van der Waals surface area contributed by atoms with E-state index in [-0.39, 0.29) is 0 Å². The molecule has 0 saturated carbocycles. The largest absolute Gasteiger partial charge is 0.419 e. The van der Waals surface area contributed by atoms with E-state index in [0.717, 1.165) is 0 Å². The summed E-state index contributed by atoms with van der Waals surface area (Å²) in [5, 5.41) is -4.19. The van der Waals surface area contributed by atoms with Crippen LogP contribution in [0.4, 0.5) is 26.3 Å². The molecule has 0 N–H and O–H groups in total. The van der Waals surface area contributed by atoms with Gasteiger partial charge in [0.05, 0.1) is 0 Å². The Morgan fingerprint density at radius 1 is 1.17 bits per heavy atom. The van der Waals surface area contributed by atoms with Gasteiger partial charge in [0.1, 0.15) is 0 Å². The third-order valence-electron chi connectivity index (χ3n) is 1.28. The second-order valence-corrected chi connectivity index (χ2v) is 2.73. The molecule has 1 heterocycles. The summed E-state index contributed by atoms with van der Waals surface area (Å²) >= 11 is 4.29. The van der Waals surface area contributed by atoms with Gasteiger partial charge in [-0.15, -0.1) is 0 Å². The van der Waals surface area contributed by atoms with Crippen molar-refractivity contribution in [1.29, 1.82) is 0 Å². The maximum atomic E-state index is 12.3. The van der Waals surface area contributed by atoms with E-state index < -0.39 is 23.5 Å². The molecule has 0 spiro atoms. The van der Waals surface area contributed by atoms with Crippen LogP contribution in [0.25, 0.3) is 0 Å². The van der Waals surface area contributed by atoms with Crippen LogP contribution in [0.1, 0.15) is 0 Å². The van der Waals surface area contributed by atoms with Crippen molar-refractivity contribution in [2.75, 3.05) is 0 Å². The summed E-state index contributed by atoms with van der Waals surface area (Å²) in [7, 11) is 0. The Bertz CT molecular complexity index is 198. The number of ether oxygens (including phenoxy) is 1. The first kappa shape index (κ1) is 9.91. The zero-order valence-electron chi connectivity index (χ0n) is 5.13. The molecule has 0 bridgehead atoms. The van der Waals surface area contributed by atoms with E-state index in [1.54, 1.807) is 0 Å². The Balaban J connectivity index is 2.80. The molecule has 2 atom stereocenters. The van der Waals surface area contributed by atoms with Crippen molar-refractivity contribution < 1.29 is 31.1 Å². The summed E-state index contributed by atoms with van der Waals surface area (Å²) in [4.78, 5) is 0. The summed E-state index contributed by atoms with van der Waals surface area (Å²) in [5.74, 6) is 0. The van der Waals surface area contributed by atoms with Crippen LogP contribution in [0, 0.1) is 0 Å². The van der Waals surface area contributed by atoms with Gasteiger partial charge in [0, 0.05) is 0 Å². The van der Waals surface area contributed by atoms with Gasteiger partial charge in [-0.25, -0.2) is 4.39 Å². The lowest BCUT2D eigenvalue weighted by Crippen LogP contribution is -2.69. The average molecular weight is 214 g/mol. The molecule has 0 aromatic carbocycles. The molecule has 72 valence electrons. The molecule has 8 heteroatoms. The van der Waals surface area contributed by atoms with E-state index >= 15 is 0 Å². The zero-order chi connectivity index (χ0) is 9.78. The van der Waals surface area contributed by atoms with Crippen LogP contribution >= 0.6 is 11.6 Å². The maximum absolute atomic E-state index is 12.3. The number of rotatable bonds is 0. The molecule has 12 heavy (non-hydrogen) atoms. The molecular formula is C4HClF6O. The zero-order valence-corrected chi connectivity index (χ0v) is 5.89. The minimum Gasteiger partial charge on any atom is -0.299 e. The van der Waals surface area contributed by atoms with Gasteiger partial charge in [-0.2, -0.15) is 22.0 Å². The molecule has 1 saturated heterocycles. The lowest BCUT2D eigenvalue weighted by molar-refractivity contribution is -0.457. The van der Waals surface area contributed by atoms with Crippen LogP contribution in [0.15, 0.2) is 0 Å². The van der Waals surface area contributed by atoms with Gasteiger partial charge in [-0.1, -0.05) is 11.6 Å². The van der Waals surface area contributed by atoms with Gasteiger partial charge in [0.25, 0.3) is 0 Å². The minimum absolute atomic E-state index is 2.94. The number of halogens is 7. The van der Waals surface area contributed by atoms with E-state index in [9.17, 15) is 26.3 Å². The van der Waals surface area contributed by atoms with Crippen molar-refractivity contribution in [3.8, 4) is 0 Å². The smallest absolute Gasteiger partial charge is 0.299 e. The van der Waals surface area contributed by atoms with Crippen LogP contribution in [0.5, 0.6) is 0 Å². The van der Waals surface area contributed by atoms with Gasteiger partial charge in [-0.05, 0) is 0 Å². The van der Waals surface area contributed by atoms with Gasteiger partial charge >= 0.3 is 17.4 Å². The van der Waals surface area contributed by atoms with E-state index in [2.05, 4.69) is 16.3 Å². The average Bonchev–Trinajstić information content (AvgIpc) is 1.81. The molecule has 1 fully saturated rings. The molecule has 0 aliphatic carbocycles. The summed E-state index contributed by atoms with van der Waals surface area (Å²) in [6, 6.07) is 0. The molecule has 0 aromatic heterocycles. The molecule has 0 radical (unpaired) electrons. The lowest BCUT2D eigenvalue weighted by Gasteiger charge is -2.44. The number of hydrogen-bond donors (Lipinski definition) is 0. The number of hydrogen-bond acceptors (Lipinski definition) is 1. The lowest BCUT2D eigenvalue weighted by atomic mass is 10.1. The van der Waals surface area contributed by atoms with Crippen LogP contribution < -0.4 is 0 Å². The van der Waals surface area contributed by atoms with Crippen molar-refractivity contribution in [2.24, 2.45) is 0 Å². The fourth-order valence-electron chi connectivity index (χ4n) is 0.667. The normalized spacial score (nSPS) is 40.8. The molecule has 0 amide bonds. The molecule has 1 nitrogen and oxygen atoms in total. The Hall–Kier alpha value is -0.170. The summed E-state index contributed by atoms with van der Waals surface area (Å²) in [5.41, 5.74) is 0. The molecule has 1 aliphatic rings. The Morgan fingerprint density at radius 3 is 1.67 bits per heavy atom. The SMILES string of the molecule is FC(F)(F)[C@H]1OC(F)(F)[C@]1(F)Cl. The highest BCUT2D eigenvalue weighted by Crippen LogP contribution is 2.56. The quantitative estimate of drug-likeness (QED) is 0.445. The van der Waals surface area contributed by atoms with Gasteiger partial charge in [0.15, 0.2) is 0 Å². The molecule has 1 rings (SSSR count). The monoisotopic (exact) mass is 214 g/mol. The summed E-state index contributed by atoms with van der Waals surface area (Å²) in [6.45, 7) is 0. The van der Waals surface area contributed by atoms with Crippen molar-refractivity contribution in [1.82, 2.24) is 0 Å². The molecular weight excluding hydrogens is 213 g/mol. The van der Waals surface area contributed by atoms with Crippen molar-refractivity contribution in [3.05, 3.63) is 0 Å². The topological polar surface area (TPSA) is 9.23 Å². The first-order chi connectivity index (χ1) is 5.09. The minimum atomic E-state index is -5.22. The third kappa shape index (κ3) is 1.15. The predicted molar refractivity (Wildman–Crippen MR) is 25.6 cm³/mol. The highest BCUT2D eigenvalue weighted by atomic mass is 35.5. The van der Waals surface area contributed by atoms with Crippen LogP contribution in [0.2, 0.25) is 0 Å². The van der Waals surface area contributed by atoms with E-state index in [1.165, 1.54) is 0 Å². The van der Waals surface area contributed by atoms with Gasteiger partial charge < -0.3 is 0 Å². The van der Waals surface area contributed by atoms with Gasteiger partial charge in [0.2, 0.25) is 6.10 Å². The van der Waals surface area contributed by atoms with Crippen molar-refractivity contribution >= 4 is 11.6 Å². The maximum Gasteiger partial charge on any atom is 0.419 e. The highest BCUT2D eigenvalue weighted by Gasteiger charge is 2.79. The van der Waals surface area contributed by atoms with Crippen LogP contribution in [0.3, 0.4) is 0 Å². The summed E-state index contributed by atoms with van der Waals surface area (Å²) < 4.78 is 73.7. The van der Waals surface area contributed by atoms with Crippen molar-refractivity contribution in [2.45, 2.75) is 23.5 Å². The first-order valence-corrected chi connectivity index (χ1v) is 2.97. The predicted octanol–water partition coefficient (Wildman–Crippen LogP) is 2.44. The fourth-order valence-corrected chi connectivity index (χ4v) is 0.880. The first-order valence-electron chi connectivity index (χ1n) is 2.59. The fraction of sp³-hybridized carbons (Fsp3) is 1.00. The molecule has 0 aromatic rings. The van der Waals surface area contributed by atoms with Crippen LogP contribution in [-0.4, -0.2) is 23.5 Å². The van der Waals surface area contributed by atoms with E-state index in [1.807, 2.05) is 0 Å². The third-order valence-corrected chi connectivity index (χ3v) is 1.70. The molecule has 0 unspecified atom stereocenters. The Kier molecular flexibility index (Phi) is 1.81. The summed E-state index contributed by atoms with van der Waals surface area (Å²) in [6.07, 6.45) is -13.1.